The summed E-state index contributed by atoms with van der Waals surface area (Å²) in [6, 6.07) is 5.45. The Morgan fingerprint density at radius 2 is 2.33 bits per heavy atom. The molecule has 0 aliphatic carbocycles. The van der Waals surface area contributed by atoms with Crippen LogP contribution in [0.3, 0.4) is 0 Å². The average molecular weight is 206 g/mol. The molecule has 0 N–H and O–H groups in total. The highest BCUT2D eigenvalue weighted by Crippen LogP contribution is 2.11. The standard InChI is InChI=1S/C11H14N2O2/c1-15-11(14)10-5-2-4-9(12-10)8-13-6-3-7-13/h2,4-5H,3,6-8H2,1H3. The lowest BCUT2D eigenvalue weighted by atomic mass is 10.2. The van der Waals surface area contributed by atoms with E-state index in [2.05, 4.69) is 14.6 Å². The van der Waals surface area contributed by atoms with Gasteiger partial charge in [0.05, 0.1) is 12.8 Å². The number of hydrogen-bond donors (Lipinski definition) is 0. The first kappa shape index (κ1) is 10.1. The van der Waals surface area contributed by atoms with Gasteiger partial charge in [-0.1, -0.05) is 6.07 Å². The summed E-state index contributed by atoms with van der Waals surface area (Å²) in [6.45, 7) is 3.08. The number of nitrogens with zero attached hydrogens (tertiary/aromatic N) is 2. The molecule has 0 amide bonds. The van der Waals surface area contributed by atoms with E-state index in [4.69, 9.17) is 0 Å². The number of ether oxygens (including phenoxy) is 1. The number of likely N-dealkylation sites (tertiary alicyclic amines) is 1. The van der Waals surface area contributed by atoms with E-state index in [1.165, 1.54) is 13.5 Å². The maximum absolute atomic E-state index is 11.2. The summed E-state index contributed by atoms with van der Waals surface area (Å²) in [7, 11) is 1.37. The summed E-state index contributed by atoms with van der Waals surface area (Å²) >= 11 is 0. The number of esters is 1. The zero-order valence-electron chi connectivity index (χ0n) is 8.77. The van der Waals surface area contributed by atoms with Crippen LogP contribution in [-0.2, 0) is 11.3 Å². The molecule has 1 aromatic rings. The van der Waals surface area contributed by atoms with Gasteiger partial charge in [0.15, 0.2) is 0 Å². The SMILES string of the molecule is COC(=O)c1cccc(CN2CCC2)n1. The third kappa shape index (κ3) is 2.33. The third-order valence-corrected chi connectivity index (χ3v) is 2.54. The molecule has 1 fully saturated rings. The molecular weight excluding hydrogens is 192 g/mol. The predicted molar refractivity (Wildman–Crippen MR) is 55.5 cm³/mol. The van der Waals surface area contributed by atoms with Crippen LogP contribution in [0.25, 0.3) is 0 Å². The Hall–Kier alpha value is -1.42. The zero-order chi connectivity index (χ0) is 10.7. The van der Waals surface area contributed by atoms with E-state index in [1.807, 2.05) is 12.1 Å². The molecule has 2 heterocycles. The van der Waals surface area contributed by atoms with Crippen molar-refractivity contribution in [2.24, 2.45) is 0 Å². The number of methoxy groups -OCH3 is 1. The topological polar surface area (TPSA) is 42.4 Å². The molecule has 1 aromatic heterocycles. The number of carbonyl (C=O) groups excluding carboxylic acids is 1. The molecule has 1 saturated heterocycles. The van der Waals surface area contributed by atoms with Crippen LogP contribution in [0.4, 0.5) is 0 Å². The van der Waals surface area contributed by atoms with Crippen LogP contribution in [0, 0.1) is 0 Å². The highest BCUT2D eigenvalue weighted by atomic mass is 16.5. The van der Waals surface area contributed by atoms with Crippen molar-refractivity contribution in [3.63, 3.8) is 0 Å². The minimum absolute atomic E-state index is 0.375. The van der Waals surface area contributed by atoms with Crippen LogP contribution in [0.15, 0.2) is 18.2 Å². The van der Waals surface area contributed by atoms with Crippen LogP contribution < -0.4 is 0 Å². The highest BCUT2D eigenvalue weighted by Gasteiger charge is 2.15. The van der Waals surface area contributed by atoms with Gasteiger partial charge in [0.1, 0.15) is 5.69 Å². The smallest absolute Gasteiger partial charge is 0.356 e. The van der Waals surface area contributed by atoms with Crippen molar-refractivity contribution >= 4 is 5.97 Å². The molecule has 0 unspecified atom stereocenters. The first-order valence-electron chi connectivity index (χ1n) is 5.06. The van der Waals surface area contributed by atoms with Gasteiger partial charge in [-0.05, 0) is 31.6 Å². The van der Waals surface area contributed by atoms with Gasteiger partial charge in [0, 0.05) is 6.54 Å². The second kappa shape index (κ2) is 4.40. The lowest BCUT2D eigenvalue weighted by Crippen LogP contribution is -2.36. The van der Waals surface area contributed by atoms with Gasteiger partial charge in [-0.3, -0.25) is 4.90 Å². The molecule has 0 atom stereocenters. The lowest BCUT2D eigenvalue weighted by molar-refractivity contribution is 0.0593. The second-order valence-corrected chi connectivity index (χ2v) is 3.64. The first-order valence-corrected chi connectivity index (χ1v) is 5.06. The quantitative estimate of drug-likeness (QED) is 0.694. The fourth-order valence-electron chi connectivity index (χ4n) is 1.55. The van der Waals surface area contributed by atoms with Gasteiger partial charge in [-0.2, -0.15) is 0 Å². The Kier molecular flexibility index (Phi) is 2.97. The molecule has 4 nitrogen and oxygen atoms in total. The summed E-state index contributed by atoms with van der Waals surface area (Å²) in [4.78, 5) is 17.8. The normalized spacial score (nSPS) is 15.8. The maximum Gasteiger partial charge on any atom is 0.356 e. The Morgan fingerprint density at radius 3 is 2.93 bits per heavy atom. The number of carbonyl (C=O) groups is 1. The fourth-order valence-corrected chi connectivity index (χ4v) is 1.55. The predicted octanol–water partition coefficient (Wildman–Crippen LogP) is 1.07. The van der Waals surface area contributed by atoms with Crippen LogP contribution in [0.1, 0.15) is 22.6 Å². The van der Waals surface area contributed by atoms with Gasteiger partial charge >= 0.3 is 5.97 Å². The number of pyridine rings is 1. The number of hydrogen-bond acceptors (Lipinski definition) is 4. The molecule has 0 bridgehead atoms. The maximum atomic E-state index is 11.2. The molecule has 0 radical (unpaired) electrons. The molecule has 2 rings (SSSR count). The Balaban J connectivity index is 2.07. The van der Waals surface area contributed by atoms with Crippen LogP contribution >= 0.6 is 0 Å². The van der Waals surface area contributed by atoms with Crippen molar-refractivity contribution in [1.82, 2.24) is 9.88 Å². The molecule has 0 aromatic carbocycles. The van der Waals surface area contributed by atoms with E-state index in [-0.39, 0.29) is 5.97 Å². The molecule has 15 heavy (non-hydrogen) atoms. The van der Waals surface area contributed by atoms with Gasteiger partial charge in [-0.25, -0.2) is 9.78 Å². The summed E-state index contributed by atoms with van der Waals surface area (Å²) in [5.74, 6) is -0.375. The second-order valence-electron chi connectivity index (χ2n) is 3.64. The molecule has 1 aliphatic heterocycles. The molecule has 1 aliphatic rings. The Bertz CT molecular complexity index is 361. The summed E-state index contributed by atoms with van der Waals surface area (Å²) < 4.78 is 4.62. The molecule has 4 heteroatoms. The van der Waals surface area contributed by atoms with Crippen molar-refractivity contribution in [2.45, 2.75) is 13.0 Å². The van der Waals surface area contributed by atoms with Gasteiger partial charge in [-0.15, -0.1) is 0 Å². The summed E-state index contributed by atoms with van der Waals surface area (Å²) in [5, 5.41) is 0. The Labute approximate surface area is 88.9 Å². The van der Waals surface area contributed by atoms with Crippen LogP contribution in [0.2, 0.25) is 0 Å². The van der Waals surface area contributed by atoms with Crippen molar-refractivity contribution in [2.75, 3.05) is 20.2 Å². The minimum atomic E-state index is -0.375. The van der Waals surface area contributed by atoms with Crippen molar-refractivity contribution in [1.29, 1.82) is 0 Å². The highest BCUT2D eigenvalue weighted by molar-refractivity contribution is 5.87. The van der Waals surface area contributed by atoms with E-state index >= 15 is 0 Å². The van der Waals surface area contributed by atoms with E-state index in [0.29, 0.717) is 5.69 Å². The van der Waals surface area contributed by atoms with Crippen molar-refractivity contribution in [3.05, 3.63) is 29.6 Å². The fraction of sp³-hybridized carbons (Fsp3) is 0.455. The third-order valence-electron chi connectivity index (χ3n) is 2.54. The van der Waals surface area contributed by atoms with E-state index in [0.717, 1.165) is 25.3 Å². The van der Waals surface area contributed by atoms with Crippen LogP contribution in [-0.4, -0.2) is 36.1 Å². The molecular formula is C11H14N2O2. The van der Waals surface area contributed by atoms with Gasteiger partial charge in [0.2, 0.25) is 0 Å². The molecule has 0 saturated carbocycles. The lowest BCUT2D eigenvalue weighted by Gasteiger charge is -2.30. The number of rotatable bonds is 3. The summed E-state index contributed by atoms with van der Waals surface area (Å²) in [5.41, 5.74) is 1.31. The van der Waals surface area contributed by atoms with E-state index in [9.17, 15) is 4.79 Å². The first-order chi connectivity index (χ1) is 7.29. The summed E-state index contributed by atoms with van der Waals surface area (Å²) in [6.07, 6.45) is 1.26. The van der Waals surface area contributed by atoms with Gasteiger partial charge < -0.3 is 4.74 Å². The molecule has 80 valence electrons. The average Bonchev–Trinajstić information content (AvgIpc) is 2.23. The molecule has 0 spiro atoms. The van der Waals surface area contributed by atoms with E-state index < -0.39 is 0 Å². The zero-order valence-corrected chi connectivity index (χ0v) is 8.77. The van der Waals surface area contributed by atoms with Crippen LogP contribution in [0.5, 0.6) is 0 Å². The minimum Gasteiger partial charge on any atom is -0.464 e. The van der Waals surface area contributed by atoms with E-state index in [1.54, 1.807) is 6.07 Å². The monoisotopic (exact) mass is 206 g/mol. The van der Waals surface area contributed by atoms with Crippen molar-refractivity contribution < 1.29 is 9.53 Å². The van der Waals surface area contributed by atoms with Gasteiger partial charge in [0.25, 0.3) is 0 Å². The largest absolute Gasteiger partial charge is 0.464 e. The van der Waals surface area contributed by atoms with Crippen molar-refractivity contribution in [3.8, 4) is 0 Å². The number of aromatic nitrogens is 1. The Morgan fingerprint density at radius 1 is 1.53 bits per heavy atom.